The maximum atomic E-state index is 5.71. The average Bonchev–Trinajstić information content (AvgIpc) is 1.89. The van der Waals surface area contributed by atoms with Gasteiger partial charge >= 0.3 is 0 Å². The van der Waals surface area contributed by atoms with E-state index in [9.17, 15) is 0 Å². The third-order valence-electron chi connectivity index (χ3n) is 1.54. The lowest BCUT2D eigenvalue weighted by atomic mass is 10.2. The highest BCUT2D eigenvalue weighted by atomic mass is 15.0. The molecule has 0 aliphatic carbocycles. The molecule has 0 radical (unpaired) electrons. The van der Waals surface area contributed by atoms with Crippen molar-refractivity contribution in [3.63, 3.8) is 0 Å². The van der Waals surface area contributed by atoms with Crippen LogP contribution in [-0.4, -0.2) is 12.7 Å². The predicted octanol–water partition coefficient (Wildman–Crippen LogP) is 1.46. The standard InChI is InChI=1S/C8H20N2/c1-3-5-7-10-8(9)6-4-2/h8,10H,3-7,9H2,1-2H3. The van der Waals surface area contributed by atoms with Gasteiger partial charge in [0.05, 0.1) is 6.17 Å². The fraction of sp³-hybridized carbons (Fsp3) is 1.00. The first-order valence-electron chi connectivity index (χ1n) is 4.30. The molecule has 0 saturated heterocycles. The van der Waals surface area contributed by atoms with Crippen LogP contribution in [0, 0.1) is 0 Å². The highest BCUT2D eigenvalue weighted by Crippen LogP contribution is 1.90. The van der Waals surface area contributed by atoms with Gasteiger partial charge in [-0.3, -0.25) is 0 Å². The van der Waals surface area contributed by atoms with Gasteiger partial charge in [-0.1, -0.05) is 26.7 Å². The molecule has 0 aromatic carbocycles. The lowest BCUT2D eigenvalue weighted by Crippen LogP contribution is -2.37. The molecule has 2 nitrogen and oxygen atoms in total. The third kappa shape index (κ3) is 6.05. The lowest BCUT2D eigenvalue weighted by molar-refractivity contribution is 0.482. The van der Waals surface area contributed by atoms with Crippen molar-refractivity contribution >= 4 is 0 Å². The summed E-state index contributed by atoms with van der Waals surface area (Å²) in [7, 11) is 0. The van der Waals surface area contributed by atoms with Gasteiger partial charge in [-0.15, -0.1) is 0 Å². The van der Waals surface area contributed by atoms with E-state index >= 15 is 0 Å². The van der Waals surface area contributed by atoms with Crippen LogP contribution in [0.3, 0.4) is 0 Å². The van der Waals surface area contributed by atoms with Gasteiger partial charge in [0.15, 0.2) is 0 Å². The zero-order valence-electron chi connectivity index (χ0n) is 7.19. The molecule has 1 atom stereocenters. The topological polar surface area (TPSA) is 38.0 Å². The predicted molar refractivity (Wildman–Crippen MR) is 45.8 cm³/mol. The molecule has 0 bridgehead atoms. The summed E-state index contributed by atoms with van der Waals surface area (Å²) in [6.07, 6.45) is 4.95. The molecule has 0 amide bonds. The van der Waals surface area contributed by atoms with E-state index in [0.29, 0.717) is 0 Å². The van der Waals surface area contributed by atoms with Gasteiger partial charge < -0.3 is 11.1 Å². The van der Waals surface area contributed by atoms with E-state index in [4.69, 9.17) is 5.73 Å². The molecule has 0 aromatic rings. The molecule has 2 heteroatoms. The molecule has 62 valence electrons. The van der Waals surface area contributed by atoms with Crippen molar-refractivity contribution in [3.8, 4) is 0 Å². The minimum absolute atomic E-state index is 0.219. The Morgan fingerprint density at radius 1 is 1.30 bits per heavy atom. The zero-order valence-corrected chi connectivity index (χ0v) is 7.19. The first-order valence-corrected chi connectivity index (χ1v) is 4.30. The van der Waals surface area contributed by atoms with Gasteiger partial charge in [-0.05, 0) is 19.4 Å². The van der Waals surface area contributed by atoms with E-state index in [1.807, 2.05) is 0 Å². The molecule has 0 saturated carbocycles. The first-order chi connectivity index (χ1) is 4.81. The smallest absolute Gasteiger partial charge is 0.0546 e. The Bertz CT molecular complexity index is 64.3. The fourth-order valence-electron chi connectivity index (χ4n) is 0.877. The SMILES string of the molecule is CCCCNC(N)CCC. The van der Waals surface area contributed by atoms with Gasteiger partial charge in [0.1, 0.15) is 0 Å². The number of hydrogen-bond acceptors (Lipinski definition) is 2. The number of hydrogen-bond donors (Lipinski definition) is 2. The molecule has 0 spiro atoms. The van der Waals surface area contributed by atoms with Crippen LogP contribution in [0.2, 0.25) is 0 Å². The molecule has 0 aliphatic heterocycles. The summed E-state index contributed by atoms with van der Waals surface area (Å²) in [5.74, 6) is 0. The minimum atomic E-state index is 0.219. The Balaban J connectivity index is 2.97. The summed E-state index contributed by atoms with van der Waals surface area (Å²) in [5.41, 5.74) is 5.71. The second-order valence-corrected chi connectivity index (χ2v) is 2.70. The largest absolute Gasteiger partial charge is 0.316 e. The van der Waals surface area contributed by atoms with Crippen LogP contribution in [0.25, 0.3) is 0 Å². The average molecular weight is 144 g/mol. The Morgan fingerprint density at radius 3 is 2.50 bits per heavy atom. The van der Waals surface area contributed by atoms with Crippen LogP contribution >= 0.6 is 0 Å². The van der Waals surface area contributed by atoms with Crippen LogP contribution < -0.4 is 11.1 Å². The van der Waals surface area contributed by atoms with Crippen LogP contribution in [0.4, 0.5) is 0 Å². The number of nitrogens with two attached hydrogens (primary N) is 1. The van der Waals surface area contributed by atoms with E-state index in [1.165, 1.54) is 19.3 Å². The van der Waals surface area contributed by atoms with E-state index in [0.717, 1.165) is 13.0 Å². The van der Waals surface area contributed by atoms with Crippen LogP contribution in [-0.2, 0) is 0 Å². The molecule has 1 unspecified atom stereocenters. The monoisotopic (exact) mass is 144 g/mol. The maximum absolute atomic E-state index is 5.71. The summed E-state index contributed by atoms with van der Waals surface area (Å²) < 4.78 is 0. The van der Waals surface area contributed by atoms with Gasteiger partial charge in [-0.2, -0.15) is 0 Å². The minimum Gasteiger partial charge on any atom is -0.316 e. The van der Waals surface area contributed by atoms with Crippen LogP contribution in [0.15, 0.2) is 0 Å². The summed E-state index contributed by atoms with van der Waals surface area (Å²) in [4.78, 5) is 0. The van der Waals surface area contributed by atoms with Crippen molar-refractivity contribution in [1.29, 1.82) is 0 Å². The van der Waals surface area contributed by atoms with Gasteiger partial charge in [-0.25, -0.2) is 0 Å². The maximum Gasteiger partial charge on any atom is 0.0546 e. The Kier molecular flexibility index (Phi) is 6.98. The van der Waals surface area contributed by atoms with Gasteiger partial charge in [0, 0.05) is 0 Å². The summed E-state index contributed by atoms with van der Waals surface area (Å²) in [6, 6.07) is 0. The molecule has 0 rings (SSSR count). The molecular weight excluding hydrogens is 124 g/mol. The second-order valence-electron chi connectivity index (χ2n) is 2.70. The fourth-order valence-corrected chi connectivity index (χ4v) is 0.877. The zero-order chi connectivity index (χ0) is 7.82. The van der Waals surface area contributed by atoms with E-state index in [-0.39, 0.29) is 6.17 Å². The molecule has 10 heavy (non-hydrogen) atoms. The van der Waals surface area contributed by atoms with Crippen LogP contribution in [0.5, 0.6) is 0 Å². The van der Waals surface area contributed by atoms with Crippen molar-refractivity contribution in [2.45, 2.75) is 45.7 Å². The molecule has 0 fully saturated rings. The van der Waals surface area contributed by atoms with E-state index in [1.54, 1.807) is 0 Å². The van der Waals surface area contributed by atoms with Crippen molar-refractivity contribution < 1.29 is 0 Å². The van der Waals surface area contributed by atoms with Crippen molar-refractivity contribution in [2.24, 2.45) is 5.73 Å². The molecular formula is C8H20N2. The van der Waals surface area contributed by atoms with Gasteiger partial charge in [0.25, 0.3) is 0 Å². The second kappa shape index (κ2) is 7.03. The van der Waals surface area contributed by atoms with Crippen molar-refractivity contribution in [2.75, 3.05) is 6.54 Å². The van der Waals surface area contributed by atoms with E-state index in [2.05, 4.69) is 19.2 Å². The summed E-state index contributed by atoms with van der Waals surface area (Å²) >= 11 is 0. The molecule has 0 aliphatic rings. The van der Waals surface area contributed by atoms with E-state index < -0.39 is 0 Å². The highest BCUT2D eigenvalue weighted by molar-refractivity contribution is 4.56. The third-order valence-corrected chi connectivity index (χ3v) is 1.54. The normalized spacial score (nSPS) is 13.5. The van der Waals surface area contributed by atoms with Crippen molar-refractivity contribution in [1.82, 2.24) is 5.32 Å². The number of unbranched alkanes of at least 4 members (excludes halogenated alkanes) is 1. The quantitative estimate of drug-likeness (QED) is 0.437. The number of nitrogens with one attached hydrogen (secondary N) is 1. The first kappa shape index (κ1) is 9.92. The molecule has 3 N–H and O–H groups in total. The summed E-state index contributed by atoms with van der Waals surface area (Å²) in [5, 5.41) is 3.26. The van der Waals surface area contributed by atoms with Crippen LogP contribution in [0.1, 0.15) is 39.5 Å². The lowest BCUT2D eigenvalue weighted by Gasteiger charge is -2.11. The number of rotatable bonds is 6. The molecule has 0 heterocycles. The Hall–Kier alpha value is -0.0800. The Labute approximate surface area is 64.2 Å². The summed E-state index contributed by atoms with van der Waals surface area (Å²) in [6.45, 7) is 5.41. The molecule has 0 aromatic heterocycles. The van der Waals surface area contributed by atoms with Gasteiger partial charge in [0.2, 0.25) is 0 Å². The highest BCUT2D eigenvalue weighted by Gasteiger charge is 1.96. The Morgan fingerprint density at radius 2 is 2.00 bits per heavy atom. The van der Waals surface area contributed by atoms with Crippen molar-refractivity contribution in [3.05, 3.63) is 0 Å².